The first-order chi connectivity index (χ1) is 19.4. The lowest BCUT2D eigenvalue weighted by molar-refractivity contribution is 0.230. The van der Waals surface area contributed by atoms with E-state index < -0.39 is 6.03 Å². The van der Waals surface area contributed by atoms with Gasteiger partial charge in [0.25, 0.3) is 0 Å². The van der Waals surface area contributed by atoms with Crippen LogP contribution in [0, 0.1) is 0 Å². The van der Waals surface area contributed by atoms with Crippen LogP contribution in [0.1, 0.15) is 32.7 Å². The van der Waals surface area contributed by atoms with Gasteiger partial charge in [0.1, 0.15) is 18.7 Å². The Morgan fingerprint density at radius 3 is 2.65 bits per heavy atom. The fourth-order valence-electron chi connectivity index (χ4n) is 4.43. The minimum Gasteiger partial charge on any atom is -0.493 e. The largest absolute Gasteiger partial charge is 0.493 e. The van der Waals surface area contributed by atoms with Crippen LogP contribution in [0.3, 0.4) is 0 Å². The van der Waals surface area contributed by atoms with E-state index >= 15 is 0 Å². The van der Waals surface area contributed by atoms with Gasteiger partial charge in [0, 0.05) is 30.9 Å². The second-order valence-corrected chi connectivity index (χ2v) is 10.1. The zero-order valence-electron chi connectivity index (χ0n) is 22.7. The highest BCUT2D eigenvalue weighted by Gasteiger charge is 2.16. The summed E-state index contributed by atoms with van der Waals surface area (Å²) in [5, 5.41) is 10.7. The van der Waals surface area contributed by atoms with Gasteiger partial charge in [-0.05, 0) is 58.0 Å². The lowest BCUT2D eigenvalue weighted by Gasteiger charge is -2.17. The average molecular weight is 566 g/mol. The zero-order valence-corrected chi connectivity index (χ0v) is 23.4. The van der Waals surface area contributed by atoms with E-state index in [1.165, 1.54) is 19.2 Å². The van der Waals surface area contributed by atoms with E-state index in [-0.39, 0.29) is 6.04 Å². The summed E-state index contributed by atoms with van der Waals surface area (Å²) in [6.45, 7) is 7.68. The Balaban J connectivity index is 1.26. The number of nitrogens with one attached hydrogen (secondary N) is 2. The van der Waals surface area contributed by atoms with Crippen molar-refractivity contribution in [2.75, 3.05) is 44.0 Å². The molecule has 40 heavy (non-hydrogen) atoms. The minimum atomic E-state index is -0.439. The Morgan fingerprint density at radius 2 is 1.93 bits per heavy atom. The molecule has 210 valence electrons. The van der Waals surface area contributed by atoms with Crippen molar-refractivity contribution < 1.29 is 19.0 Å². The van der Waals surface area contributed by atoms with Gasteiger partial charge in [0.05, 0.1) is 40.6 Å². The third-order valence-electron chi connectivity index (χ3n) is 6.54. The predicted octanol–water partition coefficient (Wildman–Crippen LogP) is 5.98. The van der Waals surface area contributed by atoms with Crippen LogP contribution in [-0.4, -0.2) is 64.0 Å². The van der Waals surface area contributed by atoms with Crippen molar-refractivity contribution in [1.29, 1.82) is 0 Å². The smallest absolute Gasteiger partial charge is 0.323 e. The third-order valence-corrected chi connectivity index (χ3v) is 6.85. The molecule has 0 saturated carbocycles. The van der Waals surface area contributed by atoms with Crippen LogP contribution < -0.4 is 24.8 Å². The van der Waals surface area contributed by atoms with Crippen LogP contribution in [0.4, 0.5) is 16.2 Å². The van der Waals surface area contributed by atoms with E-state index in [4.69, 9.17) is 25.8 Å². The highest BCUT2D eigenvalue weighted by atomic mass is 35.5. The molecule has 1 fully saturated rings. The summed E-state index contributed by atoms with van der Waals surface area (Å²) in [6.07, 6.45) is 7.26. The first-order valence-corrected chi connectivity index (χ1v) is 13.5. The van der Waals surface area contributed by atoms with Gasteiger partial charge in [-0.25, -0.2) is 14.8 Å². The summed E-state index contributed by atoms with van der Waals surface area (Å²) < 4.78 is 19.4. The lowest BCUT2D eigenvalue weighted by Crippen LogP contribution is -2.25. The molecule has 2 aromatic carbocycles. The number of carbonyl (C=O) groups excluding carboxylic acids is 1. The van der Waals surface area contributed by atoms with Crippen molar-refractivity contribution in [3.05, 3.63) is 54.1 Å². The molecule has 0 aliphatic carbocycles. The molecule has 1 saturated heterocycles. The van der Waals surface area contributed by atoms with E-state index in [2.05, 4.69) is 30.6 Å². The van der Waals surface area contributed by atoms with Gasteiger partial charge in [-0.1, -0.05) is 11.6 Å². The molecule has 0 unspecified atom stereocenters. The molecular formula is C28H32ClN7O4. The number of ether oxygens (including phenoxy) is 3. The molecule has 2 N–H and O–H groups in total. The van der Waals surface area contributed by atoms with Gasteiger partial charge in [-0.3, -0.25) is 9.58 Å². The molecule has 2 aromatic heterocycles. The molecule has 5 rings (SSSR count). The predicted molar refractivity (Wildman–Crippen MR) is 154 cm³/mol. The number of rotatable bonds is 10. The van der Waals surface area contributed by atoms with Crippen LogP contribution in [-0.2, 0) is 0 Å². The van der Waals surface area contributed by atoms with Crippen molar-refractivity contribution in [1.82, 2.24) is 24.6 Å². The van der Waals surface area contributed by atoms with Gasteiger partial charge in [0.2, 0.25) is 5.88 Å². The van der Waals surface area contributed by atoms with Crippen LogP contribution in [0.25, 0.3) is 10.9 Å². The second kappa shape index (κ2) is 12.4. The molecule has 0 bridgehead atoms. The quantitative estimate of drug-likeness (QED) is 0.241. The topological polar surface area (TPSA) is 116 Å². The Hall–Kier alpha value is -4.09. The van der Waals surface area contributed by atoms with Crippen molar-refractivity contribution in [2.24, 2.45) is 0 Å². The maximum atomic E-state index is 12.5. The Labute approximate surface area is 237 Å². The number of methoxy groups -OCH3 is 1. The molecular weight excluding hydrogens is 534 g/mol. The Bertz CT molecular complexity index is 1490. The summed E-state index contributed by atoms with van der Waals surface area (Å²) in [6, 6.07) is 8.34. The van der Waals surface area contributed by atoms with Crippen molar-refractivity contribution in [2.45, 2.75) is 32.7 Å². The number of halogens is 1. The summed E-state index contributed by atoms with van der Waals surface area (Å²) in [4.78, 5) is 23.6. The summed E-state index contributed by atoms with van der Waals surface area (Å²) >= 11 is 6.46. The van der Waals surface area contributed by atoms with E-state index in [0.717, 1.165) is 19.6 Å². The maximum Gasteiger partial charge on any atom is 0.323 e. The van der Waals surface area contributed by atoms with Gasteiger partial charge in [-0.2, -0.15) is 5.10 Å². The first-order valence-electron chi connectivity index (χ1n) is 13.2. The standard InChI is InChI=1S/C28H32ClN7O4/c1-18(2)36-16-19(15-32-36)33-28(37)34-23-7-6-20(12-22(23)29)40-27-21-13-25(38-3)26(14-24(21)30-17-31-27)39-11-10-35-8-4-5-9-35/h6-7,12-18H,4-5,8-11H2,1-3H3,(H2,33,34,37). The van der Waals surface area contributed by atoms with E-state index in [9.17, 15) is 4.79 Å². The summed E-state index contributed by atoms with van der Waals surface area (Å²) in [5.41, 5.74) is 1.66. The molecule has 3 heterocycles. The van der Waals surface area contributed by atoms with Crippen LogP contribution >= 0.6 is 11.6 Å². The maximum absolute atomic E-state index is 12.5. The zero-order chi connectivity index (χ0) is 28.1. The van der Waals surface area contributed by atoms with Crippen LogP contribution in [0.15, 0.2) is 49.1 Å². The monoisotopic (exact) mass is 565 g/mol. The average Bonchev–Trinajstić information content (AvgIpc) is 3.63. The van der Waals surface area contributed by atoms with Crippen molar-refractivity contribution >= 4 is 39.9 Å². The summed E-state index contributed by atoms with van der Waals surface area (Å²) in [7, 11) is 1.59. The molecule has 1 aliphatic rings. The number of anilines is 2. The molecule has 0 atom stereocenters. The highest BCUT2D eigenvalue weighted by Crippen LogP contribution is 2.37. The number of hydrogen-bond acceptors (Lipinski definition) is 8. The van der Waals surface area contributed by atoms with Gasteiger partial charge >= 0.3 is 6.03 Å². The fourth-order valence-corrected chi connectivity index (χ4v) is 4.64. The minimum absolute atomic E-state index is 0.189. The molecule has 0 spiro atoms. The number of nitrogens with zero attached hydrogens (tertiary/aromatic N) is 5. The molecule has 0 radical (unpaired) electrons. The number of benzene rings is 2. The van der Waals surface area contributed by atoms with Crippen LogP contribution in [0.2, 0.25) is 5.02 Å². The van der Waals surface area contributed by atoms with E-state index in [1.54, 1.807) is 48.5 Å². The van der Waals surface area contributed by atoms with Crippen molar-refractivity contribution in [3.8, 4) is 23.1 Å². The second-order valence-electron chi connectivity index (χ2n) is 9.72. The molecule has 4 aromatic rings. The molecule has 11 nitrogen and oxygen atoms in total. The molecule has 1 aliphatic heterocycles. The number of hydrogen-bond donors (Lipinski definition) is 2. The molecule has 2 amide bonds. The fraction of sp³-hybridized carbons (Fsp3) is 0.357. The van der Waals surface area contributed by atoms with Crippen LogP contribution in [0.5, 0.6) is 23.1 Å². The number of carbonyl (C=O) groups is 1. The normalized spacial score (nSPS) is 13.5. The number of urea groups is 1. The van der Waals surface area contributed by atoms with Gasteiger partial charge < -0.3 is 24.8 Å². The lowest BCUT2D eigenvalue weighted by atomic mass is 10.2. The molecule has 12 heteroatoms. The van der Waals surface area contributed by atoms with E-state index in [0.29, 0.717) is 57.0 Å². The third kappa shape index (κ3) is 6.54. The SMILES string of the molecule is COc1cc2c(Oc3ccc(NC(=O)Nc4cnn(C(C)C)c4)c(Cl)c3)ncnc2cc1OCCN1CCCC1. The first kappa shape index (κ1) is 27.5. The Morgan fingerprint density at radius 1 is 1.10 bits per heavy atom. The van der Waals surface area contributed by atoms with Crippen molar-refractivity contribution in [3.63, 3.8) is 0 Å². The number of likely N-dealkylation sites (tertiary alicyclic amines) is 1. The summed E-state index contributed by atoms with van der Waals surface area (Å²) in [5.74, 6) is 1.96. The van der Waals surface area contributed by atoms with E-state index in [1.807, 2.05) is 19.9 Å². The number of amides is 2. The van der Waals surface area contributed by atoms with Gasteiger partial charge in [-0.15, -0.1) is 0 Å². The highest BCUT2D eigenvalue weighted by molar-refractivity contribution is 6.34. The number of aromatic nitrogens is 4. The number of fused-ring (bicyclic) bond motifs is 1. The Kier molecular flexibility index (Phi) is 8.51. The van der Waals surface area contributed by atoms with Gasteiger partial charge in [0.15, 0.2) is 11.5 Å².